The van der Waals surface area contributed by atoms with E-state index in [0.29, 0.717) is 11.7 Å². The van der Waals surface area contributed by atoms with E-state index in [1.807, 2.05) is 31.9 Å². The Balaban J connectivity index is 2.93. The summed E-state index contributed by atoms with van der Waals surface area (Å²) in [6.07, 6.45) is 3.51. The van der Waals surface area contributed by atoms with Gasteiger partial charge in [-0.2, -0.15) is 0 Å². The Hall–Kier alpha value is -1.32. The monoisotopic (exact) mass is 152 g/mol. The number of nitrogens with one attached hydrogen (secondary N) is 1. The number of nitrogens with zero attached hydrogens (tertiary/aromatic N) is 3. The predicted molar refractivity (Wildman–Crippen MR) is 43.7 cm³/mol. The number of aromatic nitrogens is 2. The van der Waals surface area contributed by atoms with Crippen LogP contribution in [0.1, 0.15) is 5.82 Å². The van der Waals surface area contributed by atoms with E-state index in [9.17, 15) is 0 Å². The summed E-state index contributed by atoms with van der Waals surface area (Å²) >= 11 is 0. The number of aryl methyl sites for hydroxylation is 1. The fourth-order valence-electron chi connectivity index (χ4n) is 0.794. The van der Waals surface area contributed by atoms with Gasteiger partial charge in [-0.25, -0.2) is 4.98 Å². The van der Waals surface area contributed by atoms with Crippen molar-refractivity contribution in [3.63, 3.8) is 0 Å². The lowest BCUT2D eigenvalue weighted by Crippen LogP contribution is -2.24. The molecule has 4 nitrogen and oxygen atoms in total. The molecule has 0 aliphatic carbocycles. The lowest BCUT2D eigenvalue weighted by atomic mass is 10.5. The van der Waals surface area contributed by atoms with Crippen LogP contribution in [0.25, 0.3) is 0 Å². The van der Waals surface area contributed by atoms with Gasteiger partial charge >= 0.3 is 0 Å². The van der Waals surface area contributed by atoms with Gasteiger partial charge in [0.2, 0.25) is 0 Å². The highest BCUT2D eigenvalue weighted by Crippen LogP contribution is 1.96. The topological polar surface area (TPSA) is 44.9 Å². The van der Waals surface area contributed by atoms with Crippen LogP contribution in [0.2, 0.25) is 0 Å². The Bertz CT molecular complexity index is 261. The van der Waals surface area contributed by atoms with Crippen molar-refractivity contribution >= 4 is 5.84 Å². The summed E-state index contributed by atoms with van der Waals surface area (Å²) in [5, 5.41) is 7.58. The minimum absolute atomic E-state index is 0.428. The van der Waals surface area contributed by atoms with Gasteiger partial charge in [-0.15, -0.1) is 0 Å². The molecule has 0 spiro atoms. The Labute approximate surface area is 66.0 Å². The van der Waals surface area contributed by atoms with Gasteiger partial charge in [-0.05, 0) is 0 Å². The first-order chi connectivity index (χ1) is 5.13. The van der Waals surface area contributed by atoms with E-state index in [1.165, 1.54) is 0 Å². The Morgan fingerprint density at radius 3 is 2.64 bits per heavy atom. The molecule has 1 aromatic rings. The highest BCUT2D eigenvalue weighted by Gasteiger charge is 2.06. The van der Waals surface area contributed by atoms with E-state index in [-0.39, 0.29) is 0 Å². The van der Waals surface area contributed by atoms with Crippen LogP contribution in [0, 0.1) is 5.41 Å². The molecule has 0 saturated carbocycles. The molecule has 0 fully saturated rings. The lowest BCUT2D eigenvalue weighted by Gasteiger charge is -2.12. The van der Waals surface area contributed by atoms with Crippen molar-refractivity contribution in [2.75, 3.05) is 14.1 Å². The van der Waals surface area contributed by atoms with Gasteiger partial charge in [0.1, 0.15) is 0 Å². The summed E-state index contributed by atoms with van der Waals surface area (Å²) in [6, 6.07) is 0. The molecule has 11 heavy (non-hydrogen) atoms. The zero-order valence-electron chi connectivity index (χ0n) is 7.00. The van der Waals surface area contributed by atoms with Crippen molar-refractivity contribution in [2.24, 2.45) is 7.05 Å². The van der Waals surface area contributed by atoms with E-state index >= 15 is 0 Å². The van der Waals surface area contributed by atoms with Crippen LogP contribution >= 0.6 is 0 Å². The minimum atomic E-state index is 0.428. The first-order valence-electron chi connectivity index (χ1n) is 3.36. The lowest BCUT2D eigenvalue weighted by molar-refractivity contribution is 0.609. The fourth-order valence-corrected chi connectivity index (χ4v) is 0.794. The summed E-state index contributed by atoms with van der Waals surface area (Å²) in [4.78, 5) is 5.76. The SMILES string of the molecule is CN(C)C(=N)c1nccn1C. The van der Waals surface area contributed by atoms with E-state index in [2.05, 4.69) is 4.98 Å². The van der Waals surface area contributed by atoms with Crippen LogP contribution in [0.4, 0.5) is 0 Å². The van der Waals surface area contributed by atoms with Crippen molar-refractivity contribution < 1.29 is 0 Å². The van der Waals surface area contributed by atoms with Crippen molar-refractivity contribution in [3.05, 3.63) is 18.2 Å². The summed E-state index contributed by atoms with van der Waals surface area (Å²) in [5.41, 5.74) is 0. The van der Waals surface area contributed by atoms with E-state index in [1.54, 1.807) is 11.1 Å². The molecule has 0 amide bonds. The average molecular weight is 152 g/mol. The van der Waals surface area contributed by atoms with Crippen LogP contribution < -0.4 is 0 Å². The summed E-state index contributed by atoms with van der Waals surface area (Å²) < 4.78 is 1.82. The van der Waals surface area contributed by atoms with E-state index < -0.39 is 0 Å². The minimum Gasteiger partial charge on any atom is -0.360 e. The van der Waals surface area contributed by atoms with Gasteiger partial charge in [0.25, 0.3) is 0 Å². The Morgan fingerprint density at radius 2 is 2.27 bits per heavy atom. The normalized spacial score (nSPS) is 9.73. The van der Waals surface area contributed by atoms with E-state index in [0.717, 1.165) is 0 Å². The summed E-state index contributed by atoms with van der Waals surface area (Å²) in [7, 11) is 5.54. The number of rotatable bonds is 1. The van der Waals surface area contributed by atoms with Crippen LogP contribution in [-0.2, 0) is 7.05 Å². The molecule has 1 aromatic heterocycles. The molecule has 0 aliphatic rings. The standard InChI is InChI=1S/C7H12N4/c1-10(2)6(8)7-9-4-5-11(7)3/h4-5,8H,1-3H3. The second kappa shape index (κ2) is 2.74. The average Bonchev–Trinajstić information content (AvgIpc) is 2.33. The molecule has 1 heterocycles. The zero-order valence-corrected chi connectivity index (χ0v) is 7.00. The third-order valence-electron chi connectivity index (χ3n) is 1.48. The Morgan fingerprint density at radius 1 is 1.64 bits per heavy atom. The molecular weight excluding hydrogens is 140 g/mol. The molecular formula is C7H12N4. The van der Waals surface area contributed by atoms with Crippen molar-refractivity contribution in [1.29, 1.82) is 5.41 Å². The van der Waals surface area contributed by atoms with E-state index in [4.69, 9.17) is 5.41 Å². The van der Waals surface area contributed by atoms with Crippen molar-refractivity contribution in [1.82, 2.24) is 14.5 Å². The zero-order chi connectivity index (χ0) is 8.43. The van der Waals surface area contributed by atoms with Crippen LogP contribution in [-0.4, -0.2) is 34.4 Å². The number of hydrogen-bond acceptors (Lipinski definition) is 2. The van der Waals surface area contributed by atoms with Gasteiger partial charge in [0.15, 0.2) is 11.7 Å². The third kappa shape index (κ3) is 1.39. The van der Waals surface area contributed by atoms with Gasteiger partial charge in [-0.3, -0.25) is 5.41 Å². The first-order valence-corrected chi connectivity index (χ1v) is 3.36. The summed E-state index contributed by atoms with van der Waals surface area (Å²) in [6.45, 7) is 0. The quantitative estimate of drug-likeness (QED) is 0.465. The molecule has 0 aliphatic heterocycles. The molecule has 0 unspecified atom stereocenters. The maximum Gasteiger partial charge on any atom is 0.175 e. The second-order valence-electron chi connectivity index (χ2n) is 2.60. The largest absolute Gasteiger partial charge is 0.360 e. The molecule has 0 aromatic carbocycles. The van der Waals surface area contributed by atoms with Crippen molar-refractivity contribution in [3.8, 4) is 0 Å². The molecule has 0 atom stereocenters. The number of amidine groups is 1. The highest BCUT2D eigenvalue weighted by atomic mass is 15.2. The predicted octanol–water partition coefficient (Wildman–Crippen LogP) is 0.307. The summed E-state index contributed by atoms with van der Waals surface area (Å²) in [5.74, 6) is 1.12. The maximum atomic E-state index is 7.58. The second-order valence-corrected chi connectivity index (χ2v) is 2.60. The molecule has 0 radical (unpaired) electrons. The van der Waals surface area contributed by atoms with Gasteiger partial charge in [-0.1, -0.05) is 0 Å². The maximum absolute atomic E-state index is 7.58. The third-order valence-corrected chi connectivity index (χ3v) is 1.48. The first kappa shape index (κ1) is 7.78. The van der Waals surface area contributed by atoms with Crippen LogP contribution in [0.3, 0.4) is 0 Å². The molecule has 60 valence electrons. The van der Waals surface area contributed by atoms with Crippen molar-refractivity contribution in [2.45, 2.75) is 0 Å². The number of hydrogen-bond donors (Lipinski definition) is 1. The molecule has 0 bridgehead atoms. The number of imidazole rings is 1. The molecule has 1 N–H and O–H groups in total. The van der Waals surface area contributed by atoms with Crippen LogP contribution in [0.15, 0.2) is 12.4 Å². The molecule has 1 rings (SSSR count). The van der Waals surface area contributed by atoms with Gasteiger partial charge in [0.05, 0.1) is 0 Å². The molecule has 4 heteroatoms. The van der Waals surface area contributed by atoms with Crippen LogP contribution in [0.5, 0.6) is 0 Å². The smallest absolute Gasteiger partial charge is 0.175 e. The van der Waals surface area contributed by atoms with Gasteiger partial charge < -0.3 is 9.47 Å². The molecule has 0 saturated heterocycles. The highest BCUT2D eigenvalue weighted by molar-refractivity contribution is 5.92. The Kier molecular flexibility index (Phi) is 1.94. The van der Waals surface area contributed by atoms with Gasteiger partial charge in [0, 0.05) is 33.5 Å². The fraction of sp³-hybridized carbons (Fsp3) is 0.429.